The van der Waals surface area contributed by atoms with E-state index in [-0.39, 0.29) is 19.1 Å². The summed E-state index contributed by atoms with van der Waals surface area (Å²) in [6, 6.07) is 14.4. The van der Waals surface area contributed by atoms with Crippen molar-refractivity contribution in [1.82, 2.24) is 0 Å². The number of aliphatic hydroxyl groups is 1. The summed E-state index contributed by atoms with van der Waals surface area (Å²) in [6.45, 7) is -0.171. The van der Waals surface area contributed by atoms with Crippen LogP contribution in [0, 0.1) is 0 Å². The van der Waals surface area contributed by atoms with Crippen LogP contribution in [0.4, 0.5) is 5.69 Å². The molecular formula is C15H14BrNO3. The van der Waals surface area contributed by atoms with E-state index in [1.54, 1.807) is 30.3 Å². The molecule has 0 fully saturated rings. The number of hydrogen-bond acceptors (Lipinski definition) is 3. The van der Waals surface area contributed by atoms with E-state index in [9.17, 15) is 4.79 Å². The van der Waals surface area contributed by atoms with Gasteiger partial charge in [0.25, 0.3) is 5.91 Å². The maximum Gasteiger partial charge on any atom is 0.262 e. The minimum Gasteiger partial charge on any atom is -0.484 e. The van der Waals surface area contributed by atoms with E-state index >= 15 is 0 Å². The number of nitrogens with one attached hydrogen (secondary N) is 1. The third-order valence-corrected chi connectivity index (χ3v) is 3.39. The molecule has 0 aromatic heterocycles. The molecular weight excluding hydrogens is 322 g/mol. The van der Waals surface area contributed by atoms with Gasteiger partial charge in [-0.15, -0.1) is 0 Å². The average Bonchev–Trinajstić information content (AvgIpc) is 2.47. The number of carbonyl (C=O) groups excluding carboxylic acids is 1. The van der Waals surface area contributed by atoms with E-state index in [2.05, 4.69) is 21.2 Å². The van der Waals surface area contributed by atoms with Crippen molar-refractivity contribution in [3.05, 3.63) is 58.6 Å². The third-order valence-electron chi connectivity index (χ3n) is 2.62. The van der Waals surface area contributed by atoms with Crippen molar-refractivity contribution in [1.29, 1.82) is 0 Å². The van der Waals surface area contributed by atoms with Crippen molar-refractivity contribution < 1.29 is 14.6 Å². The van der Waals surface area contributed by atoms with Crippen LogP contribution < -0.4 is 10.1 Å². The Bertz CT molecular complexity index is 587. The first-order chi connectivity index (χ1) is 9.69. The molecule has 1 amide bonds. The van der Waals surface area contributed by atoms with Crippen LogP contribution in [0.2, 0.25) is 0 Å². The van der Waals surface area contributed by atoms with Gasteiger partial charge < -0.3 is 15.2 Å². The quantitative estimate of drug-likeness (QED) is 0.883. The van der Waals surface area contributed by atoms with Crippen LogP contribution in [0.25, 0.3) is 0 Å². The molecule has 0 bridgehead atoms. The van der Waals surface area contributed by atoms with E-state index in [1.807, 2.05) is 18.2 Å². The Morgan fingerprint density at radius 3 is 2.65 bits per heavy atom. The van der Waals surface area contributed by atoms with Gasteiger partial charge in [-0.1, -0.05) is 34.1 Å². The number of anilines is 1. The second-order valence-electron chi connectivity index (χ2n) is 4.11. The molecule has 0 heterocycles. The Kier molecular flexibility index (Phi) is 5.15. The van der Waals surface area contributed by atoms with Crippen LogP contribution in [0.15, 0.2) is 53.0 Å². The highest BCUT2D eigenvalue weighted by Crippen LogP contribution is 2.22. The van der Waals surface area contributed by atoms with Gasteiger partial charge in [-0.3, -0.25) is 4.79 Å². The smallest absolute Gasteiger partial charge is 0.262 e. The van der Waals surface area contributed by atoms with E-state index in [4.69, 9.17) is 9.84 Å². The second-order valence-corrected chi connectivity index (χ2v) is 4.97. The van der Waals surface area contributed by atoms with E-state index in [0.29, 0.717) is 11.3 Å². The van der Waals surface area contributed by atoms with Gasteiger partial charge in [0.1, 0.15) is 5.75 Å². The first kappa shape index (κ1) is 14.6. The molecule has 20 heavy (non-hydrogen) atoms. The molecule has 0 atom stereocenters. The van der Waals surface area contributed by atoms with E-state index < -0.39 is 0 Å². The van der Waals surface area contributed by atoms with Gasteiger partial charge in [-0.05, 0) is 35.9 Å². The van der Waals surface area contributed by atoms with Crippen molar-refractivity contribution in [2.45, 2.75) is 6.61 Å². The minimum absolute atomic E-state index is 0.0819. The van der Waals surface area contributed by atoms with E-state index in [1.165, 1.54) is 0 Å². The van der Waals surface area contributed by atoms with Crippen molar-refractivity contribution in [2.24, 2.45) is 0 Å². The molecule has 2 aromatic rings. The Balaban J connectivity index is 1.90. The summed E-state index contributed by atoms with van der Waals surface area (Å²) < 4.78 is 6.20. The lowest BCUT2D eigenvalue weighted by Gasteiger charge is -2.09. The summed E-state index contributed by atoms with van der Waals surface area (Å²) >= 11 is 3.32. The Morgan fingerprint density at radius 1 is 1.20 bits per heavy atom. The van der Waals surface area contributed by atoms with Gasteiger partial charge in [0.05, 0.1) is 6.61 Å². The number of halogens is 1. The second kappa shape index (κ2) is 7.07. The van der Waals surface area contributed by atoms with Crippen molar-refractivity contribution in [2.75, 3.05) is 11.9 Å². The highest BCUT2D eigenvalue weighted by Gasteiger charge is 2.05. The highest BCUT2D eigenvalue weighted by molar-refractivity contribution is 9.10. The molecule has 0 saturated heterocycles. The summed E-state index contributed by atoms with van der Waals surface area (Å²) in [6.07, 6.45) is 0. The lowest BCUT2D eigenvalue weighted by Crippen LogP contribution is -2.20. The minimum atomic E-state index is -0.232. The summed E-state index contributed by atoms with van der Waals surface area (Å²) in [5.41, 5.74) is 1.44. The number of benzene rings is 2. The van der Waals surface area contributed by atoms with Crippen molar-refractivity contribution >= 4 is 27.5 Å². The van der Waals surface area contributed by atoms with Crippen molar-refractivity contribution in [3.63, 3.8) is 0 Å². The number of hydrogen-bond donors (Lipinski definition) is 2. The highest BCUT2D eigenvalue weighted by atomic mass is 79.9. The number of para-hydroxylation sites is 1. The van der Waals surface area contributed by atoms with Gasteiger partial charge in [0.2, 0.25) is 0 Å². The lowest BCUT2D eigenvalue weighted by atomic mass is 10.2. The topological polar surface area (TPSA) is 58.6 Å². The van der Waals surface area contributed by atoms with Gasteiger partial charge in [0, 0.05) is 10.2 Å². The molecule has 0 spiro atoms. The van der Waals surface area contributed by atoms with Crippen LogP contribution in [0.5, 0.6) is 5.75 Å². The SMILES string of the molecule is O=C(COc1ccc(Br)c(CO)c1)Nc1ccccc1. The fourth-order valence-corrected chi connectivity index (χ4v) is 2.00. The first-order valence-corrected chi connectivity index (χ1v) is 6.85. The summed E-state index contributed by atoms with van der Waals surface area (Å²) in [7, 11) is 0. The first-order valence-electron chi connectivity index (χ1n) is 6.06. The van der Waals surface area contributed by atoms with Crippen LogP contribution in [0.3, 0.4) is 0 Å². The summed E-state index contributed by atoms with van der Waals surface area (Å²) in [5.74, 6) is 0.310. The summed E-state index contributed by atoms with van der Waals surface area (Å²) in [5, 5.41) is 11.9. The number of ether oxygens (including phenoxy) is 1. The maximum atomic E-state index is 11.7. The van der Waals surface area contributed by atoms with Crippen LogP contribution in [-0.4, -0.2) is 17.6 Å². The standard InChI is InChI=1S/C15H14BrNO3/c16-14-7-6-13(8-11(14)9-18)20-10-15(19)17-12-4-2-1-3-5-12/h1-8,18H,9-10H2,(H,17,19). The molecule has 0 aliphatic carbocycles. The zero-order valence-corrected chi connectivity index (χ0v) is 12.3. The van der Waals surface area contributed by atoms with E-state index in [0.717, 1.165) is 10.2 Å². The molecule has 4 nitrogen and oxygen atoms in total. The van der Waals surface area contributed by atoms with Gasteiger partial charge >= 0.3 is 0 Å². The third kappa shape index (κ3) is 4.08. The Labute approximate surface area is 125 Å². The van der Waals surface area contributed by atoms with Gasteiger partial charge in [-0.2, -0.15) is 0 Å². The number of rotatable bonds is 5. The molecule has 0 aliphatic heterocycles. The molecule has 5 heteroatoms. The molecule has 0 aliphatic rings. The predicted molar refractivity (Wildman–Crippen MR) is 80.6 cm³/mol. The number of amides is 1. The molecule has 0 unspecified atom stereocenters. The van der Waals surface area contributed by atoms with Gasteiger partial charge in [0.15, 0.2) is 6.61 Å². The molecule has 2 N–H and O–H groups in total. The monoisotopic (exact) mass is 335 g/mol. The zero-order valence-electron chi connectivity index (χ0n) is 10.7. The maximum absolute atomic E-state index is 11.7. The van der Waals surface area contributed by atoms with Gasteiger partial charge in [-0.25, -0.2) is 0 Å². The molecule has 2 rings (SSSR count). The number of carbonyl (C=O) groups is 1. The summed E-state index contributed by atoms with van der Waals surface area (Å²) in [4.78, 5) is 11.7. The largest absolute Gasteiger partial charge is 0.484 e. The molecule has 0 radical (unpaired) electrons. The van der Waals surface area contributed by atoms with Crippen LogP contribution in [0.1, 0.15) is 5.56 Å². The van der Waals surface area contributed by atoms with Crippen LogP contribution >= 0.6 is 15.9 Å². The Morgan fingerprint density at radius 2 is 1.95 bits per heavy atom. The normalized spacial score (nSPS) is 10.1. The molecule has 0 saturated carbocycles. The fourth-order valence-electron chi connectivity index (χ4n) is 1.63. The van der Waals surface area contributed by atoms with Crippen LogP contribution in [-0.2, 0) is 11.4 Å². The molecule has 104 valence electrons. The molecule has 2 aromatic carbocycles. The average molecular weight is 336 g/mol. The lowest BCUT2D eigenvalue weighted by molar-refractivity contribution is -0.118. The van der Waals surface area contributed by atoms with Crippen molar-refractivity contribution in [3.8, 4) is 5.75 Å². The fraction of sp³-hybridized carbons (Fsp3) is 0.133. The number of aliphatic hydroxyl groups excluding tert-OH is 1. The Hall–Kier alpha value is -1.85. The zero-order chi connectivity index (χ0) is 14.4. The predicted octanol–water partition coefficient (Wildman–Crippen LogP) is 2.96.